The number of ether oxygens (including phenoxy) is 1. The van der Waals surface area contributed by atoms with E-state index in [-0.39, 0.29) is 12.1 Å². The monoisotopic (exact) mass is 350 g/mol. The second-order valence-electron chi connectivity index (χ2n) is 5.31. The smallest absolute Gasteiger partial charge is 0.317 e. The SMILES string of the molecule is CCCCCCCN(CCOCCBr)C(=O)NC(C)C. The van der Waals surface area contributed by atoms with Gasteiger partial charge in [-0.25, -0.2) is 4.79 Å². The molecular weight excluding hydrogens is 320 g/mol. The molecule has 1 N–H and O–H groups in total. The van der Waals surface area contributed by atoms with Gasteiger partial charge in [-0.05, 0) is 20.3 Å². The van der Waals surface area contributed by atoms with Gasteiger partial charge >= 0.3 is 6.03 Å². The highest BCUT2D eigenvalue weighted by Crippen LogP contribution is 2.04. The minimum Gasteiger partial charge on any atom is -0.379 e. The van der Waals surface area contributed by atoms with E-state index in [1.165, 1.54) is 25.7 Å². The van der Waals surface area contributed by atoms with Crippen molar-refractivity contribution in [1.82, 2.24) is 10.2 Å². The van der Waals surface area contributed by atoms with Crippen LogP contribution in [0.2, 0.25) is 0 Å². The molecule has 0 spiro atoms. The largest absolute Gasteiger partial charge is 0.379 e. The number of urea groups is 1. The topological polar surface area (TPSA) is 41.6 Å². The predicted molar refractivity (Wildman–Crippen MR) is 88.6 cm³/mol. The van der Waals surface area contributed by atoms with Gasteiger partial charge in [0.1, 0.15) is 0 Å². The van der Waals surface area contributed by atoms with E-state index in [1.807, 2.05) is 18.7 Å². The maximum Gasteiger partial charge on any atom is 0.317 e. The highest BCUT2D eigenvalue weighted by Gasteiger charge is 2.13. The lowest BCUT2D eigenvalue weighted by Crippen LogP contribution is -2.44. The van der Waals surface area contributed by atoms with Crippen LogP contribution in [0.1, 0.15) is 52.9 Å². The Labute approximate surface area is 132 Å². The Morgan fingerprint density at radius 2 is 1.85 bits per heavy atom. The number of hydrogen-bond acceptors (Lipinski definition) is 2. The van der Waals surface area contributed by atoms with Crippen molar-refractivity contribution in [3.05, 3.63) is 0 Å². The van der Waals surface area contributed by atoms with Gasteiger partial charge in [0.05, 0.1) is 13.2 Å². The first-order chi connectivity index (χ1) is 9.61. The molecule has 0 saturated heterocycles. The normalized spacial score (nSPS) is 10.8. The molecule has 0 atom stereocenters. The van der Waals surface area contributed by atoms with E-state index in [4.69, 9.17) is 4.74 Å². The summed E-state index contributed by atoms with van der Waals surface area (Å²) in [6.45, 7) is 8.96. The van der Waals surface area contributed by atoms with Gasteiger partial charge < -0.3 is 15.0 Å². The van der Waals surface area contributed by atoms with Gasteiger partial charge in [0, 0.05) is 24.5 Å². The van der Waals surface area contributed by atoms with Crippen molar-refractivity contribution in [2.24, 2.45) is 0 Å². The summed E-state index contributed by atoms with van der Waals surface area (Å²) in [6.07, 6.45) is 6.06. The molecule has 0 saturated carbocycles. The third-order valence-electron chi connectivity index (χ3n) is 2.96. The van der Waals surface area contributed by atoms with Crippen LogP contribution in [0.4, 0.5) is 4.79 Å². The van der Waals surface area contributed by atoms with Crippen molar-refractivity contribution in [2.75, 3.05) is 31.6 Å². The lowest BCUT2D eigenvalue weighted by molar-refractivity contribution is 0.120. The van der Waals surface area contributed by atoms with Crippen LogP contribution in [0.3, 0.4) is 0 Å². The zero-order valence-electron chi connectivity index (χ0n) is 13.3. The fourth-order valence-corrected chi connectivity index (χ4v) is 2.12. The molecule has 0 aliphatic carbocycles. The molecule has 0 unspecified atom stereocenters. The van der Waals surface area contributed by atoms with E-state index < -0.39 is 0 Å². The Morgan fingerprint density at radius 3 is 2.45 bits per heavy atom. The Morgan fingerprint density at radius 1 is 1.15 bits per heavy atom. The van der Waals surface area contributed by atoms with Crippen molar-refractivity contribution in [2.45, 2.75) is 58.9 Å². The molecule has 5 heteroatoms. The van der Waals surface area contributed by atoms with Gasteiger partial charge in [-0.15, -0.1) is 0 Å². The summed E-state index contributed by atoms with van der Waals surface area (Å²) in [5, 5.41) is 3.79. The molecule has 0 bridgehead atoms. The molecule has 4 nitrogen and oxygen atoms in total. The maximum absolute atomic E-state index is 12.1. The number of nitrogens with zero attached hydrogens (tertiary/aromatic N) is 1. The minimum atomic E-state index is 0.0259. The molecule has 2 amide bonds. The second-order valence-corrected chi connectivity index (χ2v) is 6.10. The lowest BCUT2D eigenvalue weighted by atomic mass is 10.1. The molecule has 120 valence electrons. The summed E-state index contributed by atoms with van der Waals surface area (Å²) >= 11 is 3.33. The Kier molecular flexibility index (Phi) is 13.5. The fraction of sp³-hybridized carbons (Fsp3) is 0.933. The first kappa shape index (κ1) is 19.7. The van der Waals surface area contributed by atoms with Crippen LogP contribution in [0, 0.1) is 0 Å². The van der Waals surface area contributed by atoms with Crippen LogP contribution in [0.5, 0.6) is 0 Å². The van der Waals surface area contributed by atoms with Crippen molar-refractivity contribution in [1.29, 1.82) is 0 Å². The van der Waals surface area contributed by atoms with Gasteiger partial charge in [0.2, 0.25) is 0 Å². The standard InChI is InChI=1S/C15H31BrN2O2/c1-4-5-6-7-8-10-18(11-13-20-12-9-16)15(19)17-14(2)3/h14H,4-13H2,1-3H3,(H,17,19). The lowest BCUT2D eigenvalue weighted by Gasteiger charge is -2.24. The van der Waals surface area contributed by atoms with Crippen LogP contribution in [0.15, 0.2) is 0 Å². The molecule has 0 fully saturated rings. The van der Waals surface area contributed by atoms with E-state index >= 15 is 0 Å². The maximum atomic E-state index is 12.1. The van der Waals surface area contributed by atoms with Gasteiger partial charge in [0.25, 0.3) is 0 Å². The van der Waals surface area contributed by atoms with E-state index in [0.717, 1.165) is 18.3 Å². The van der Waals surface area contributed by atoms with Crippen molar-refractivity contribution in [3.8, 4) is 0 Å². The number of amides is 2. The molecule has 0 heterocycles. The molecule has 0 rings (SSSR count). The van der Waals surface area contributed by atoms with Gasteiger partial charge in [-0.2, -0.15) is 0 Å². The molecule has 20 heavy (non-hydrogen) atoms. The van der Waals surface area contributed by atoms with Crippen LogP contribution in [0.25, 0.3) is 0 Å². The molecule has 0 aromatic carbocycles. The predicted octanol–water partition coefficient (Wildman–Crippen LogP) is 3.79. The number of unbranched alkanes of at least 4 members (excludes halogenated alkanes) is 4. The van der Waals surface area contributed by atoms with E-state index in [2.05, 4.69) is 28.2 Å². The van der Waals surface area contributed by atoms with E-state index in [9.17, 15) is 4.79 Å². The number of nitrogens with one attached hydrogen (secondary N) is 1. The van der Waals surface area contributed by atoms with E-state index in [1.54, 1.807) is 0 Å². The Balaban J connectivity index is 4.00. The van der Waals surface area contributed by atoms with Gasteiger partial charge in [-0.1, -0.05) is 48.5 Å². The first-order valence-corrected chi connectivity index (χ1v) is 8.93. The van der Waals surface area contributed by atoms with Crippen LogP contribution in [-0.4, -0.2) is 48.6 Å². The molecule has 0 aromatic heterocycles. The quantitative estimate of drug-likeness (QED) is 0.429. The van der Waals surface area contributed by atoms with E-state index in [0.29, 0.717) is 19.8 Å². The molecule has 0 radical (unpaired) electrons. The van der Waals surface area contributed by atoms with Gasteiger partial charge in [0.15, 0.2) is 0 Å². The highest BCUT2D eigenvalue weighted by atomic mass is 79.9. The van der Waals surface area contributed by atoms with Gasteiger partial charge in [-0.3, -0.25) is 0 Å². The Bertz CT molecular complexity index is 238. The fourth-order valence-electron chi connectivity index (χ4n) is 1.89. The summed E-state index contributed by atoms with van der Waals surface area (Å²) in [5.41, 5.74) is 0. The third-order valence-corrected chi connectivity index (χ3v) is 3.28. The first-order valence-electron chi connectivity index (χ1n) is 7.81. The molecule has 0 aromatic rings. The Hall–Kier alpha value is -0.290. The van der Waals surface area contributed by atoms with Crippen LogP contribution in [-0.2, 0) is 4.74 Å². The van der Waals surface area contributed by atoms with Crippen LogP contribution >= 0.6 is 15.9 Å². The number of rotatable bonds is 12. The summed E-state index contributed by atoms with van der Waals surface area (Å²) in [7, 11) is 0. The number of carbonyl (C=O) groups is 1. The minimum absolute atomic E-state index is 0.0259. The van der Waals surface area contributed by atoms with Crippen molar-refractivity contribution < 1.29 is 9.53 Å². The van der Waals surface area contributed by atoms with Crippen LogP contribution < -0.4 is 5.32 Å². The average molecular weight is 351 g/mol. The summed E-state index contributed by atoms with van der Waals surface area (Å²) in [5.74, 6) is 0. The zero-order chi connectivity index (χ0) is 15.2. The second kappa shape index (κ2) is 13.7. The molecule has 0 aliphatic heterocycles. The summed E-state index contributed by atoms with van der Waals surface area (Å²) < 4.78 is 5.44. The summed E-state index contributed by atoms with van der Waals surface area (Å²) in [6, 6.07) is 0.200. The van der Waals surface area contributed by atoms with Crippen molar-refractivity contribution >= 4 is 22.0 Å². The van der Waals surface area contributed by atoms with Crippen molar-refractivity contribution in [3.63, 3.8) is 0 Å². The molecule has 0 aliphatic rings. The third kappa shape index (κ3) is 11.5. The number of carbonyl (C=O) groups excluding carboxylic acids is 1. The zero-order valence-corrected chi connectivity index (χ0v) is 14.9. The average Bonchev–Trinajstić information content (AvgIpc) is 2.40. The number of alkyl halides is 1. The number of halogens is 1. The highest BCUT2D eigenvalue weighted by molar-refractivity contribution is 9.09. The summed E-state index contributed by atoms with van der Waals surface area (Å²) in [4.78, 5) is 14.0. The molecular formula is C15H31BrN2O2. The number of hydrogen-bond donors (Lipinski definition) is 1.